The van der Waals surface area contributed by atoms with Gasteiger partial charge >= 0.3 is 0 Å². The van der Waals surface area contributed by atoms with E-state index in [0.717, 1.165) is 18.5 Å². The van der Waals surface area contributed by atoms with Gasteiger partial charge in [-0.3, -0.25) is 4.40 Å². The van der Waals surface area contributed by atoms with Crippen molar-refractivity contribution in [3.05, 3.63) is 107 Å². The first-order chi connectivity index (χ1) is 15.4. The maximum atomic E-state index is 4.73. The highest BCUT2D eigenvalue weighted by Crippen LogP contribution is 2.48. The molecule has 0 saturated carbocycles. The molecule has 0 amide bonds. The number of hydrogen-bond donors (Lipinski definition) is 0. The molecule has 0 spiro atoms. The van der Waals surface area contributed by atoms with Crippen LogP contribution in [-0.4, -0.2) is 9.38 Å². The third-order valence-electron chi connectivity index (χ3n) is 7.30. The van der Waals surface area contributed by atoms with Crippen LogP contribution in [0.15, 0.2) is 85.2 Å². The normalized spacial score (nSPS) is 13.5. The summed E-state index contributed by atoms with van der Waals surface area (Å²) in [4.78, 5) is 4.73. The van der Waals surface area contributed by atoms with Gasteiger partial charge in [0.2, 0.25) is 0 Å². The first kappa shape index (κ1) is 15.9. The fraction of sp³-hybridized carbons (Fsp3) is 0.0690. The highest BCUT2D eigenvalue weighted by molar-refractivity contribution is 6.13. The molecule has 144 valence electrons. The molecule has 8 rings (SSSR count). The molecule has 2 nitrogen and oxygen atoms in total. The Kier molecular flexibility index (Phi) is 2.77. The minimum absolute atomic E-state index is 1.01. The summed E-state index contributed by atoms with van der Waals surface area (Å²) in [6.45, 7) is 0. The van der Waals surface area contributed by atoms with Gasteiger partial charge < -0.3 is 0 Å². The average molecular weight is 394 g/mol. The van der Waals surface area contributed by atoms with E-state index in [-0.39, 0.29) is 0 Å². The van der Waals surface area contributed by atoms with Gasteiger partial charge in [0.05, 0.1) is 5.52 Å². The van der Waals surface area contributed by atoms with E-state index in [9.17, 15) is 0 Å². The van der Waals surface area contributed by atoms with Crippen LogP contribution in [0.4, 0.5) is 0 Å². The van der Waals surface area contributed by atoms with Gasteiger partial charge in [-0.15, -0.1) is 0 Å². The molecular weight excluding hydrogens is 376 g/mol. The molecule has 0 bridgehead atoms. The Morgan fingerprint density at radius 2 is 1.55 bits per heavy atom. The van der Waals surface area contributed by atoms with Crippen LogP contribution in [0.2, 0.25) is 0 Å². The summed E-state index contributed by atoms with van der Waals surface area (Å²) in [6, 6.07) is 27.1. The maximum absolute atomic E-state index is 4.73. The molecule has 4 aromatic carbocycles. The van der Waals surface area contributed by atoms with Crippen LogP contribution >= 0.6 is 0 Å². The molecular formula is C29H18N2. The number of aromatic nitrogens is 2. The highest BCUT2D eigenvalue weighted by Gasteiger charge is 2.28. The van der Waals surface area contributed by atoms with Gasteiger partial charge in [-0.1, -0.05) is 54.6 Å². The zero-order valence-electron chi connectivity index (χ0n) is 16.9. The number of hydrogen-bond acceptors (Lipinski definition) is 1. The zero-order chi connectivity index (χ0) is 20.1. The van der Waals surface area contributed by atoms with Crippen LogP contribution in [-0.2, 0) is 12.8 Å². The van der Waals surface area contributed by atoms with Gasteiger partial charge in [-0.2, -0.15) is 0 Å². The summed E-state index contributed by atoms with van der Waals surface area (Å²) in [6.07, 6.45) is 6.04. The number of rotatable bonds is 0. The van der Waals surface area contributed by atoms with E-state index in [1.54, 1.807) is 0 Å². The van der Waals surface area contributed by atoms with Crippen LogP contribution in [0.25, 0.3) is 49.6 Å². The summed E-state index contributed by atoms with van der Waals surface area (Å²) in [5, 5.41) is 3.83. The maximum Gasteiger partial charge on any atom is 0.145 e. The predicted octanol–water partition coefficient (Wildman–Crippen LogP) is 6.78. The monoisotopic (exact) mass is 394 g/mol. The quantitative estimate of drug-likeness (QED) is 0.259. The van der Waals surface area contributed by atoms with Crippen molar-refractivity contribution in [1.82, 2.24) is 9.38 Å². The van der Waals surface area contributed by atoms with Crippen molar-refractivity contribution in [2.45, 2.75) is 12.8 Å². The molecule has 0 radical (unpaired) electrons. The van der Waals surface area contributed by atoms with Gasteiger partial charge in [0.15, 0.2) is 0 Å². The lowest BCUT2D eigenvalue weighted by Crippen LogP contribution is -1.92. The Morgan fingerprint density at radius 3 is 2.55 bits per heavy atom. The van der Waals surface area contributed by atoms with Crippen molar-refractivity contribution in [3.63, 3.8) is 0 Å². The molecule has 2 aliphatic carbocycles. The molecule has 2 aliphatic rings. The summed E-state index contributed by atoms with van der Waals surface area (Å²) in [7, 11) is 0. The summed E-state index contributed by atoms with van der Waals surface area (Å²) < 4.78 is 2.22. The van der Waals surface area contributed by atoms with E-state index in [1.807, 2.05) is 6.20 Å². The van der Waals surface area contributed by atoms with Gasteiger partial charge in [0, 0.05) is 23.2 Å². The van der Waals surface area contributed by atoms with Gasteiger partial charge in [-0.25, -0.2) is 4.98 Å². The third-order valence-corrected chi connectivity index (χ3v) is 7.30. The molecule has 0 saturated heterocycles. The van der Waals surface area contributed by atoms with Crippen LogP contribution < -0.4 is 0 Å². The molecule has 2 heteroatoms. The van der Waals surface area contributed by atoms with Crippen molar-refractivity contribution in [1.29, 1.82) is 0 Å². The van der Waals surface area contributed by atoms with E-state index in [1.165, 1.54) is 66.2 Å². The molecule has 0 aliphatic heterocycles. The minimum atomic E-state index is 1.01. The van der Waals surface area contributed by atoms with E-state index < -0.39 is 0 Å². The molecule has 6 aromatic rings. The number of nitrogens with zero attached hydrogens (tertiary/aromatic N) is 2. The van der Waals surface area contributed by atoms with Crippen molar-refractivity contribution in [3.8, 4) is 22.3 Å². The molecule has 0 fully saturated rings. The molecule has 0 atom stereocenters. The van der Waals surface area contributed by atoms with E-state index in [4.69, 9.17) is 4.98 Å². The van der Waals surface area contributed by atoms with Crippen LogP contribution in [0, 0.1) is 0 Å². The lowest BCUT2D eigenvalue weighted by atomic mass is 9.95. The largest absolute Gasteiger partial charge is 0.299 e. The lowest BCUT2D eigenvalue weighted by molar-refractivity contribution is 1.23. The fourth-order valence-corrected chi connectivity index (χ4v) is 5.99. The summed E-state index contributed by atoms with van der Waals surface area (Å²) >= 11 is 0. The number of benzene rings is 4. The van der Waals surface area contributed by atoms with Crippen molar-refractivity contribution in [2.24, 2.45) is 0 Å². The van der Waals surface area contributed by atoms with Gasteiger partial charge in [0.25, 0.3) is 0 Å². The SMILES string of the molecule is c1ccc2c(c1)Cc1ccc3c(c1-2)Cc1cc2c4ccccc4n4ccnc4c2cc1-3. The Labute approximate surface area is 179 Å². The second kappa shape index (κ2) is 5.41. The predicted molar refractivity (Wildman–Crippen MR) is 127 cm³/mol. The number of pyridine rings is 1. The second-order valence-electron chi connectivity index (χ2n) is 8.83. The smallest absolute Gasteiger partial charge is 0.145 e. The Hall–Kier alpha value is -3.91. The van der Waals surface area contributed by atoms with E-state index in [0.29, 0.717) is 0 Å². The minimum Gasteiger partial charge on any atom is -0.299 e. The van der Waals surface area contributed by atoms with E-state index >= 15 is 0 Å². The lowest BCUT2D eigenvalue weighted by Gasteiger charge is -2.11. The fourth-order valence-electron chi connectivity index (χ4n) is 5.99. The molecule has 0 unspecified atom stereocenters. The molecule has 0 N–H and O–H groups in total. The van der Waals surface area contributed by atoms with Crippen molar-refractivity contribution >= 4 is 27.3 Å². The summed E-state index contributed by atoms with van der Waals surface area (Å²) in [5.74, 6) is 0. The highest BCUT2D eigenvalue weighted by atomic mass is 15.0. The number of imidazole rings is 1. The van der Waals surface area contributed by atoms with Gasteiger partial charge in [-0.05, 0) is 80.9 Å². The molecule has 2 heterocycles. The van der Waals surface area contributed by atoms with Crippen LogP contribution in [0.3, 0.4) is 0 Å². The second-order valence-corrected chi connectivity index (χ2v) is 8.83. The number of fused-ring (bicyclic) bond motifs is 13. The molecule has 31 heavy (non-hydrogen) atoms. The van der Waals surface area contributed by atoms with Gasteiger partial charge in [0.1, 0.15) is 5.65 Å². The first-order valence-corrected chi connectivity index (χ1v) is 10.9. The van der Waals surface area contributed by atoms with Crippen LogP contribution in [0.1, 0.15) is 22.3 Å². The summed E-state index contributed by atoms with van der Waals surface area (Å²) in [5.41, 5.74) is 13.8. The first-order valence-electron chi connectivity index (χ1n) is 10.9. The van der Waals surface area contributed by atoms with Crippen LogP contribution in [0.5, 0.6) is 0 Å². The third kappa shape index (κ3) is 1.91. The Bertz CT molecular complexity index is 1740. The number of para-hydroxylation sites is 1. The Balaban J connectivity index is 1.47. The average Bonchev–Trinajstić information content (AvgIpc) is 3.52. The van der Waals surface area contributed by atoms with E-state index in [2.05, 4.69) is 83.4 Å². The Morgan fingerprint density at radius 1 is 0.645 bits per heavy atom. The van der Waals surface area contributed by atoms with Crippen molar-refractivity contribution in [2.75, 3.05) is 0 Å². The topological polar surface area (TPSA) is 17.3 Å². The standard InChI is InChI=1S/C29H18N2/c1-2-6-20-17(5-1)13-18-9-10-21-23-16-26-24(14-19(23)15-25(21)28(18)20)22-7-3-4-8-27(22)31-12-11-30-29(26)31/h1-12,14,16H,13,15H2. The molecule has 2 aromatic heterocycles. The van der Waals surface area contributed by atoms with Crippen molar-refractivity contribution < 1.29 is 0 Å². The zero-order valence-corrected chi connectivity index (χ0v) is 16.9.